The molecule has 1 heterocycles. The van der Waals surface area contributed by atoms with E-state index in [1.54, 1.807) is 23.1 Å². The molecule has 24 heavy (non-hydrogen) atoms. The number of thiophene rings is 1. The average Bonchev–Trinajstić information content (AvgIpc) is 2.95. The van der Waals surface area contributed by atoms with Crippen LogP contribution < -0.4 is 0 Å². The van der Waals surface area contributed by atoms with Gasteiger partial charge < -0.3 is 4.90 Å². The Balaban J connectivity index is 2.33. The highest BCUT2D eigenvalue weighted by Crippen LogP contribution is 2.35. The highest BCUT2D eigenvalue weighted by molar-refractivity contribution is 7.17. The monoisotopic (exact) mass is 355 g/mol. The summed E-state index contributed by atoms with van der Waals surface area (Å²) in [5.74, 6) is -0.0942. The number of carbonyl (C=O) groups excluding carboxylic acids is 1. The van der Waals surface area contributed by atoms with E-state index in [4.69, 9.17) is 0 Å². The van der Waals surface area contributed by atoms with Crippen LogP contribution >= 0.6 is 11.3 Å². The second-order valence-electron chi connectivity index (χ2n) is 6.14. The van der Waals surface area contributed by atoms with Gasteiger partial charge in [-0.2, -0.15) is 13.2 Å². The maximum absolute atomic E-state index is 12.8. The van der Waals surface area contributed by atoms with E-state index in [1.165, 1.54) is 17.4 Å². The fraction of sp³-hybridized carbons (Fsp3) is 0.389. The zero-order valence-electron chi connectivity index (χ0n) is 14.0. The topological polar surface area (TPSA) is 20.3 Å². The zero-order valence-corrected chi connectivity index (χ0v) is 14.8. The average molecular weight is 355 g/mol. The summed E-state index contributed by atoms with van der Waals surface area (Å²) in [6, 6.07) is 8.65. The maximum atomic E-state index is 12.8. The molecule has 1 aromatic carbocycles. The van der Waals surface area contributed by atoms with Gasteiger partial charge in [-0.3, -0.25) is 4.79 Å². The van der Waals surface area contributed by atoms with Crippen molar-refractivity contribution in [3.05, 3.63) is 46.8 Å². The Hall–Kier alpha value is -1.82. The van der Waals surface area contributed by atoms with Crippen molar-refractivity contribution in [2.45, 2.75) is 46.0 Å². The molecule has 0 radical (unpaired) electrons. The highest BCUT2D eigenvalue weighted by atomic mass is 32.1. The van der Waals surface area contributed by atoms with Crippen LogP contribution in [0.1, 0.15) is 42.9 Å². The molecule has 0 atom stereocenters. The maximum Gasteiger partial charge on any atom is 0.416 e. The molecule has 6 heteroatoms. The quantitative estimate of drug-likeness (QED) is 0.689. The van der Waals surface area contributed by atoms with E-state index in [-0.39, 0.29) is 18.0 Å². The zero-order chi connectivity index (χ0) is 18.1. The predicted molar refractivity (Wildman–Crippen MR) is 91.2 cm³/mol. The molecule has 0 saturated carbocycles. The van der Waals surface area contributed by atoms with Crippen molar-refractivity contribution in [2.75, 3.05) is 0 Å². The molecule has 0 N–H and O–H groups in total. The van der Waals surface area contributed by atoms with Gasteiger partial charge in [0, 0.05) is 17.0 Å². The number of halogens is 3. The lowest BCUT2D eigenvalue weighted by Crippen LogP contribution is -2.41. The molecule has 0 saturated heterocycles. The summed E-state index contributed by atoms with van der Waals surface area (Å²) < 4.78 is 38.5. The minimum Gasteiger partial charge on any atom is -0.333 e. The number of alkyl halides is 3. The van der Waals surface area contributed by atoms with Crippen LogP contribution in [-0.4, -0.2) is 22.9 Å². The van der Waals surface area contributed by atoms with Gasteiger partial charge in [-0.05, 0) is 57.5 Å². The van der Waals surface area contributed by atoms with Crippen molar-refractivity contribution >= 4 is 17.2 Å². The van der Waals surface area contributed by atoms with E-state index in [2.05, 4.69) is 0 Å². The van der Waals surface area contributed by atoms with Gasteiger partial charge in [0.05, 0.1) is 10.4 Å². The fourth-order valence-corrected chi connectivity index (χ4v) is 3.60. The Kier molecular flexibility index (Phi) is 5.38. The molecule has 0 unspecified atom stereocenters. The summed E-state index contributed by atoms with van der Waals surface area (Å²) >= 11 is 1.22. The summed E-state index contributed by atoms with van der Waals surface area (Å²) in [6.07, 6.45) is -4.38. The Labute approximate surface area is 143 Å². The summed E-state index contributed by atoms with van der Waals surface area (Å²) in [6.45, 7) is 7.77. The van der Waals surface area contributed by atoms with Crippen LogP contribution in [0.3, 0.4) is 0 Å². The van der Waals surface area contributed by atoms with Crippen molar-refractivity contribution in [2.24, 2.45) is 0 Å². The van der Waals surface area contributed by atoms with Crippen LogP contribution in [0.5, 0.6) is 0 Å². The third-order valence-corrected chi connectivity index (χ3v) is 4.76. The van der Waals surface area contributed by atoms with E-state index in [1.807, 2.05) is 27.7 Å². The Bertz CT molecular complexity index is 711. The number of nitrogens with zero attached hydrogens (tertiary/aromatic N) is 1. The standard InChI is InChI=1S/C18H20F3NOS/c1-11(2)22(12(3)4)17(23)16-9-8-15(24-16)13-6-5-7-14(10-13)18(19,20)21/h5-12H,1-4H3. The molecular formula is C18H20F3NOS. The lowest BCUT2D eigenvalue weighted by atomic mass is 10.1. The molecule has 1 amide bonds. The van der Waals surface area contributed by atoms with Crippen LogP contribution in [0.15, 0.2) is 36.4 Å². The lowest BCUT2D eigenvalue weighted by molar-refractivity contribution is -0.137. The lowest BCUT2D eigenvalue weighted by Gasteiger charge is -2.30. The van der Waals surface area contributed by atoms with Crippen molar-refractivity contribution < 1.29 is 18.0 Å². The van der Waals surface area contributed by atoms with Crippen molar-refractivity contribution in [3.8, 4) is 10.4 Å². The normalized spacial score (nSPS) is 12.0. The molecule has 1 aromatic heterocycles. The van der Waals surface area contributed by atoms with E-state index in [0.717, 1.165) is 12.1 Å². The first-order valence-corrected chi connectivity index (χ1v) is 8.53. The Morgan fingerprint density at radius 1 is 1.04 bits per heavy atom. The summed E-state index contributed by atoms with van der Waals surface area (Å²) in [4.78, 5) is 15.6. The van der Waals surface area contributed by atoms with Gasteiger partial charge in [0.1, 0.15) is 0 Å². The first-order chi connectivity index (χ1) is 11.1. The van der Waals surface area contributed by atoms with Crippen molar-refractivity contribution in [1.29, 1.82) is 0 Å². The van der Waals surface area contributed by atoms with Crippen molar-refractivity contribution in [1.82, 2.24) is 4.90 Å². The first-order valence-electron chi connectivity index (χ1n) is 7.71. The van der Waals surface area contributed by atoms with Gasteiger partial charge in [-0.15, -0.1) is 11.3 Å². The second kappa shape index (κ2) is 6.97. The molecule has 130 valence electrons. The van der Waals surface area contributed by atoms with Gasteiger partial charge in [-0.1, -0.05) is 12.1 Å². The first kappa shape index (κ1) is 18.5. The Morgan fingerprint density at radius 2 is 1.67 bits per heavy atom. The molecule has 2 aromatic rings. The number of hydrogen-bond acceptors (Lipinski definition) is 2. The second-order valence-corrected chi connectivity index (χ2v) is 7.23. The van der Waals surface area contributed by atoms with Gasteiger partial charge in [0.15, 0.2) is 0 Å². The molecule has 0 aliphatic rings. The van der Waals surface area contributed by atoms with Crippen LogP contribution in [0.25, 0.3) is 10.4 Å². The molecule has 0 spiro atoms. The van der Waals surface area contributed by atoms with Gasteiger partial charge >= 0.3 is 6.18 Å². The summed E-state index contributed by atoms with van der Waals surface area (Å²) in [5, 5.41) is 0. The molecule has 2 nitrogen and oxygen atoms in total. The summed E-state index contributed by atoms with van der Waals surface area (Å²) in [5.41, 5.74) is -0.221. The molecule has 0 aliphatic heterocycles. The number of hydrogen-bond donors (Lipinski definition) is 0. The van der Waals surface area contributed by atoms with Gasteiger partial charge in [-0.25, -0.2) is 0 Å². The van der Waals surface area contributed by atoms with Crippen LogP contribution in [0, 0.1) is 0 Å². The van der Waals surface area contributed by atoms with Gasteiger partial charge in [0.2, 0.25) is 0 Å². The van der Waals surface area contributed by atoms with Crippen LogP contribution in [0.4, 0.5) is 13.2 Å². The smallest absolute Gasteiger partial charge is 0.333 e. The third kappa shape index (κ3) is 3.98. The molecule has 0 aliphatic carbocycles. The number of carbonyl (C=O) groups is 1. The SMILES string of the molecule is CC(C)N(C(=O)c1ccc(-c2cccc(C(F)(F)F)c2)s1)C(C)C. The van der Waals surface area contributed by atoms with E-state index >= 15 is 0 Å². The predicted octanol–water partition coefficient (Wildman–Crippen LogP) is 5.69. The fourth-order valence-electron chi connectivity index (χ4n) is 2.65. The van der Waals surface area contributed by atoms with Crippen molar-refractivity contribution in [3.63, 3.8) is 0 Å². The highest BCUT2D eigenvalue weighted by Gasteiger charge is 2.30. The number of benzene rings is 1. The van der Waals surface area contributed by atoms with E-state index in [9.17, 15) is 18.0 Å². The Morgan fingerprint density at radius 3 is 2.21 bits per heavy atom. The van der Waals surface area contributed by atoms with E-state index in [0.29, 0.717) is 15.3 Å². The third-order valence-electron chi connectivity index (χ3n) is 3.64. The number of rotatable bonds is 4. The number of amides is 1. The molecule has 2 rings (SSSR count). The van der Waals surface area contributed by atoms with E-state index < -0.39 is 11.7 Å². The van der Waals surface area contributed by atoms with Gasteiger partial charge in [0.25, 0.3) is 5.91 Å². The van der Waals surface area contributed by atoms with Crippen LogP contribution in [-0.2, 0) is 6.18 Å². The van der Waals surface area contributed by atoms with Crippen LogP contribution in [0.2, 0.25) is 0 Å². The molecule has 0 bridgehead atoms. The molecular weight excluding hydrogens is 335 g/mol. The minimum absolute atomic E-state index is 0.0524. The minimum atomic E-state index is -4.38. The summed E-state index contributed by atoms with van der Waals surface area (Å²) in [7, 11) is 0. The largest absolute Gasteiger partial charge is 0.416 e. The molecule has 0 fully saturated rings.